The van der Waals surface area contributed by atoms with Gasteiger partial charge in [0.15, 0.2) is 0 Å². The second-order valence-electron chi connectivity index (χ2n) is 5.22. The highest BCUT2D eigenvalue weighted by Gasteiger charge is 2.35. The Kier molecular flexibility index (Phi) is 4.38. The molecule has 18 heavy (non-hydrogen) atoms. The van der Waals surface area contributed by atoms with Crippen molar-refractivity contribution in [1.29, 1.82) is 5.26 Å². The number of benzene rings is 1. The SMILES string of the molecule is CCC1CCC(C)N1C(CC#N)c1ccccc1. The molecule has 1 aliphatic rings. The highest BCUT2D eigenvalue weighted by Crippen LogP contribution is 2.36. The zero-order chi connectivity index (χ0) is 13.0. The number of likely N-dealkylation sites (tertiary alicyclic amines) is 1. The molecule has 1 fully saturated rings. The van der Waals surface area contributed by atoms with Gasteiger partial charge in [0.1, 0.15) is 0 Å². The van der Waals surface area contributed by atoms with Gasteiger partial charge >= 0.3 is 0 Å². The first-order valence-corrected chi connectivity index (χ1v) is 6.97. The molecule has 0 radical (unpaired) electrons. The summed E-state index contributed by atoms with van der Waals surface area (Å²) in [6.07, 6.45) is 4.30. The minimum absolute atomic E-state index is 0.263. The Labute approximate surface area is 110 Å². The van der Waals surface area contributed by atoms with E-state index in [1.165, 1.54) is 24.8 Å². The lowest BCUT2D eigenvalue weighted by Crippen LogP contribution is -2.37. The summed E-state index contributed by atoms with van der Waals surface area (Å²) in [4.78, 5) is 2.57. The summed E-state index contributed by atoms with van der Waals surface area (Å²) in [5, 5.41) is 9.13. The van der Waals surface area contributed by atoms with Crippen molar-refractivity contribution < 1.29 is 0 Å². The van der Waals surface area contributed by atoms with E-state index in [9.17, 15) is 0 Å². The fraction of sp³-hybridized carbons (Fsp3) is 0.562. The first-order chi connectivity index (χ1) is 8.77. The first-order valence-electron chi connectivity index (χ1n) is 6.97. The van der Waals surface area contributed by atoms with Crippen molar-refractivity contribution in [3.63, 3.8) is 0 Å². The third-order valence-electron chi connectivity index (χ3n) is 4.15. The summed E-state index contributed by atoms with van der Waals surface area (Å²) in [7, 11) is 0. The van der Waals surface area contributed by atoms with Crippen LogP contribution in [0.15, 0.2) is 30.3 Å². The van der Waals surface area contributed by atoms with E-state index in [1.54, 1.807) is 0 Å². The lowest BCUT2D eigenvalue weighted by Gasteiger charge is -2.35. The predicted molar refractivity (Wildman–Crippen MR) is 74.0 cm³/mol. The molecule has 0 N–H and O–H groups in total. The van der Waals surface area contributed by atoms with Crippen molar-refractivity contribution in [2.75, 3.05) is 0 Å². The summed E-state index contributed by atoms with van der Waals surface area (Å²) in [6.45, 7) is 4.55. The third-order valence-corrected chi connectivity index (χ3v) is 4.15. The van der Waals surface area contributed by atoms with Gasteiger partial charge in [-0.15, -0.1) is 0 Å². The Morgan fingerprint density at radius 2 is 2.06 bits per heavy atom. The molecule has 0 saturated carbocycles. The second kappa shape index (κ2) is 6.02. The molecule has 1 aliphatic heterocycles. The minimum atomic E-state index is 0.263. The lowest BCUT2D eigenvalue weighted by molar-refractivity contribution is 0.134. The quantitative estimate of drug-likeness (QED) is 0.800. The summed E-state index contributed by atoms with van der Waals surface area (Å²) in [5.41, 5.74) is 1.28. The fourth-order valence-electron chi connectivity index (χ4n) is 3.23. The summed E-state index contributed by atoms with van der Waals surface area (Å²) in [6, 6.07) is 14.3. The molecule has 2 heteroatoms. The van der Waals surface area contributed by atoms with Gasteiger partial charge in [0.05, 0.1) is 12.5 Å². The number of hydrogen-bond donors (Lipinski definition) is 0. The largest absolute Gasteiger partial charge is 0.290 e. The molecule has 96 valence electrons. The Hall–Kier alpha value is -1.33. The van der Waals surface area contributed by atoms with Crippen LogP contribution in [0.5, 0.6) is 0 Å². The van der Waals surface area contributed by atoms with E-state index in [4.69, 9.17) is 5.26 Å². The van der Waals surface area contributed by atoms with Crippen LogP contribution in [0.3, 0.4) is 0 Å². The summed E-state index contributed by atoms with van der Waals surface area (Å²) in [5.74, 6) is 0. The van der Waals surface area contributed by atoms with E-state index in [0.29, 0.717) is 18.5 Å². The van der Waals surface area contributed by atoms with Gasteiger partial charge in [-0.05, 0) is 31.7 Å². The molecule has 2 rings (SSSR count). The van der Waals surface area contributed by atoms with Crippen LogP contribution in [-0.4, -0.2) is 17.0 Å². The zero-order valence-electron chi connectivity index (χ0n) is 11.3. The van der Waals surface area contributed by atoms with Crippen LogP contribution in [-0.2, 0) is 0 Å². The van der Waals surface area contributed by atoms with Gasteiger partial charge in [-0.2, -0.15) is 5.26 Å². The summed E-state index contributed by atoms with van der Waals surface area (Å²) < 4.78 is 0. The minimum Gasteiger partial charge on any atom is -0.290 e. The van der Waals surface area contributed by atoms with Crippen LogP contribution in [0.1, 0.15) is 51.1 Å². The average molecular weight is 242 g/mol. The van der Waals surface area contributed by atoms with Gasteiger partial charge in [0.25, 0.3) is 0 Å². The molecule has 0 bridgehead atoms. The van der Waals surface area contributed by atoms with Crippen LogP contribution in [0, 0.1) is 11.3 Å². The van der Waals surface area contributed by atoms with E-state index in [1.807, 2.05) is 6.07 Å². The zero-order valence-corrected chi connectivity index (χ0v) is 11.3. The maximum Gasteiger partial charge on any atom is 0.0641 e. The van der Waals surface area contributed by atoms with Crippen molar-refractivity contribution in [1.82, 2.24) is 4.90 Å². The van der Waals surface area contributed by atoms with Crippen molar-refractivity contribution in [3.8, 4) is 6.07 Å². The van der Waals surface area contributed by atoms with E-state index in [0.717, 1.165) is 0 Å². The molecule has 1 aromatic carbocycles. The highest BCUT2D eigenvalue weighted by atomic mass is 15.2. The molecular weight excluding hydrogens is 220 g/mol. The fourth-order valence-corrected chi connectivity index (χ4v) is 3.23. The van der Waals surface area contributed by atoms with Crippen LogP contribution in [0.2, 0.25) is 0 Å². The smallest absolute Gasteiger partial charge is 0.0641 e. The monoisotopic (exact) mass is 242 g/mol. The van der Waals surface area contributed by atoms with Crippen LogP contribution < -0.4 is 0 Å². The normalized spacial score (nSPS) is 25.8. The van der Waals surface area contributed by atoms with Gasteiger partial charge in [0.2, 0.25) is 0 Å². The molecule has 0 spiro atoms. The molecule has 1 aromatic rings. The van der Waals surface area contributed by atoms with E-state index >= 15 is 0 Å². The van der Waals surface area contributed by atoms with Crippen molar-refractivity contribution in [3.05, 3.63) is 35.9 Å². The molecule has 2 nitrogen and oxygen atoms in total. The number of rotatable bonds is 4. The highest BCUT2D eigenvalue weighted by molar-refractivity contribution is 5.21. The second-order valence-corrected chi connectivity index (χ2v) is 5.22. The van der Waals surface area contributed by atoms with E-state index in [-0.39, 0.29) is 6.04 Å². The van der Waals surface area contributed by atoms with Gasteiger partial charge in [0, 0.05) is 18.1 Å². The standard InChI is InChI=1S/C16H22N2/c1-3-15-10-9-13(2)18(15)16(11-12-17)14-7-5-4-6-8-14/h4-8,13,15-16H,3,9-11H2,1-2H3. The molecule has 1 heterocycles. The molecule has 0 aliphatic carbocycles. The predicted octanol–water partition coefficient (Wildman–Crippen LogP) is 3.90. The van der Waals surface area contributed by atoms with Crippen LogP contribution in [0.25, 0.3) is 0 Å². The number of nitrogens with zero attached hydrogens (tertiary/aromatic N) is 2. The number of nitriles is 1. The first kappa shape index (κ1) is 13.1. The number of hydrogen-bond acceptors (Lipinski definition) is 2. The van der Waals surface area contributed by atoms with Gasteiger partial charge in [-0.25, -0.2) is 0 Å². The molecule has 0 aromatic heterocycles. The Morgan fingerprint density at radius 1 is 1.33 bits per heavy atom. The van der Waals surface area contributed by atoms with Gasteiger partial charge in [-0.1, -0.05) is 37.3 Å². The maximum atomic E-state index is 9.13. The molecular formula is C16H22N2. The van der Waals surface area contributed by atoms with E-state index < -0.39 is 0 Å². The third kappa shape index (κ3) is 2.57. The van der Waals surface area contributed by atoms with Gasteiger partial charge < -0.3 is 0 Å². The van der Waals surface area contributed by atoms with Crippen molar-refractivity contribution >= 4 is 0 Å². The molecule has 0 amide bonds. The Morgan fingerprint density at radius 3 is 2.67 bits per heavy atom. The van der Waals surface area contributed by atoms with Crippen LogP contribution in [0.4, 0.5) is 0 Å². The maximum absolute atomic E-state index is 9.13. The van der Waals surface area contributed by atoms with Crippen molar-refractivity contribution in [2.45, 2.75) is 57.7 Å². The van der Waals surface area contributed by atoms with Crippen molar-refractivity contribution in [2.24, 2.45) is 0 Å². The molecule has 1 saturated heterocycles. The Bertz CT molecular complexity index is 407. The molecule has 3 unspecified atom stereocenters. The van der Waals surface area contributed by atoms with E-state index in [2.05, 4.69) is 49.1 Å². The molecule has 3 atom stereocenters. The van der Waals surface area contributed by atoms with Gasteiger partial charge in [-0.3, -0.25) is 4.90 Å². The topological polar surface area (TPSA) is 27.0 Å². The summed E-state index contributed by atoms with van der Waals surface area (Å²) >= 11 is 0. The Balaban J connectivity index is 2.27. The average Bonchev–Trinajstić information content (AvgIpc) is 2.78. The lowest BCUT2D eigenvalue weighted by atomic mass is 10.00. The van der Waals surface area contributed by atoms with Crippen LogP contribution >= 0.6 is 0 Å².